The molecule has 0 aromatic heterocycles. The van der Waals surface area contributed by atoms with E-state index in [0.29, 0.717) is 24.3 Å². The topological polar surface area (TPSA) is 77.4 Å². The van der Waals surface area contributed by atoms with Gasteiger partial charge in [0.2, 0.25) is 6.79 Å². The molecule has 3 aliphatic rings. The van der Waals surface area contributed by atoms with Crippen LogP contribution in [0.1, 0.15) is 31.2 Å². The van der Waals surface area contributed by atoms with Crippen molar-refractivity contribution in [3.8, 4) is 11.5 Å². The molecule has 2 saturated carbocycles. The SMILES string of the molecule is C=CC[C@]12C[C@H](OC)[C@@H](O)[C@@](OC)([C@H](c3ccc4c(c3)OCO4)[C@H]1C)[C@H]2O. The summed E-state index contributed by atoms with van der Waals surface area (Å²) >= 11 is 0. The molecule has 0 amide bonds. The molecule has 2 aliphatic carbocycles. The van der Waals surface area contributed by atoms with Crippen LogP contribution in [0.3, 0.4) is 0 Å². The maximum absolute atomic E-state index is 11.5. The van der Waals surface area contributed by atoms with Crippen molar-refractivity contribution in [2.45, 2.75) is 49.6 Å². The van der Waals surface area contributed by atoms with Gasteiger partial charge < -0.3 is 29.2 Å². The predicted octanol–water partition coefficient (Wildman–Crippen LogP) is 2.24. The number of hydrogen-bond acceptors (Lipinski definition) is 6. The first-order valence-corrected chi connectivity index (χ1v) is 9.40. The number of methoxy groups -OCH3 is 2. The van der Waals surface area contributed by atoms with Gasteiger partial charge >= 0.3 is 0 Å². The summed E-state index contributed by atoms with van der Waals surface area (Å²) in [6, 6.07) is 5.79. The van der Waals surface area contributed by atoms with Crippen molar-refractivity contribution in [2.75, 3.05) is 21.0 Å². The summed E-state index contributed by atoms with van der Waals surface area (Å²) in [5.74, 6) is 1.18. The molecule has 2 N–H and O–H groups in total. The number of fused-ring (bicyclic) bond motifs is 3. The van der Waals surface area contributed by atoms with E-state index in [-0.39, 0.29) is 18.6 Å². The first-order valence-electron chi connectivity index (χ1n) is 9.40. The van der Waals surface area contributed by atoms with Gasteiger partial charge in [0.05, 0.1) is 12.2 Å². The van der Waals surface area contributed by atoms with E-state index < -0.39 is 29.3 Å². The van der Waals surface area contributed by atoms with Gasteiger partial charge in [0.1, 0.15) is 11.7 Å². The second-order valence-corrected chi connectivity index (χ2v) is 7.99. The van der Waals surface area contributed by atoms with Crippen molar-refractivity contribution in [1.29, 1.82) is 0 Å². The Labute approximate surface area is 159 Å². The Morgan fingerprint density at radius 3 is 2.67 bits per heavy atom. The molecular formula is C21H28O6. The summed E-state index contributed by atoms with van der Waals surface area (Å²) in [7, 11) is 3.15. The first-order chi connectivity index (χ1) is 13.0. The molecule has 0 saturated heterocycles. The van der Waals surface area contributed by atoms with Crippen molar-refractivity contribution in [1.82, 2.24) is 0 Å². The normalized spacial score (nSPS) is 42.3. The molecule has 148 valence electrons. The Hall–Kier alpha value is -1.60. The smallest absolute Gasteiger partial charge is 0.231 e. The van der Waals surface area contributed by atoms with Gasteiger partial charge in [-0.3, -0.25) is 0 Å². The van der Waals surface area contributed by atoms with Crippen LogP contribution in [0.4, 0.5) is 0 Å². The van der Waals surface area contributed by atoms with Crippen LogP contribution in [0.15, 0.2) is 30.9 Å². The highest BCUT2D eigenvalue weighted by Crippen LogP contribution is 2.66. The van der Waals surface area contributed by atoms with Gasteiger partial charge in [-0.25, -0.2) is 0 Å². The molecular weight excluding hydrogens is 348 g/mol. The Kier molecular flexibility index (Phi) is 4.50. The van der Waals surface area contributed by atoms with Crippen LogP contribution < -0.4 is 9.47 Å². The van der Waals surface area contributed by atoms with E-state index in [4.69, 9.17) is 18.9 Å². The van der Waals surface area contributed by atoms with Crippen LogP contribution in [0.2, 0.25) is 0 Å². The summed E-state index contributed by atoms with van der Waals surface area (Å²) in [6.07, 6.45) is 0.779. The van der Waals surface area contributed by atoms with Gasteiger partial charge in [-0.2, -0.15) is 0 Å². The van der Waals surface area contributed by atoms with Crippen LogP contribution in [0.5, 0.6) is 11.5 Å². The number of hydrogen-bond donors (Lipinski definition) is 2. The third-order valence-electron chi connectivity index (χ3n) is 7.20. The molecule has 27 heavy (non-hydrogen) atoms. The van der Waals surface area contributed by atoms with E-state index in [9.17, 15) is 10.2 Å². The fourth-order valence-electron chi connectivity index (χ4n) is 5.89. The average molecular weight is 376 g/mol. The number of benzene rings is 1. The molecule has 1 aromatic rings. The Morgan fingerprint density at radius 2 is 2.00 bits per heavy atom. The van der Waals surface area contributed by atoms with Gasteiger partial charge in [-0.15, -0.1) is 6.58 Å². The number of allylic oxidation sites excluding steroid dienone is 1. The fourth-order valence-corrected chi connectivity index (χ4v) is 5.89. The van der Waals surface area contributed by atoms with E-state index in [1.54, 1.807) is 14.2 Å². The molecule has 0 radical (unpaired) electrons. The Bertz CT molecular complexity index is 735. The zero-order valence-corrected chi connectivity index (χ0v) is 16.1. The van der Waals surface area contributed by atoms with Crippen molar-refractivity contribution in [3.05, 3.63) is 36.4 Å². The second-order valence-electron chi connectivity index (χ2n) is 7.99. The first kappa shape index (κ1) is 18.7. The largest absolute Gasteiger partial charge is 0.454 e. The molecule has 2 fully saturated rings. The van der Waals surface area contributed by atoms with Gasteiger partial charge in [-0.05, 0) is 36.5 Å². The van der Waals surface area contributed by atoms with Crippen LogP contribution >= 0.6 is 0 Å². The van der Waals surface area contributed by atoms with E-state index in [1.165, 1.54) is 0 Å². The zero-order chi connectivity index (χ0) is 19.4. The van der Waals surface area contributed by atoms with Crippen molar-refractivity contribution in [2.24, 2.45) is 11.3 Å². The average Bonchev–Trinajstić information content (AvgIpc) is 3.18. The summed E-state index contributed by atoms with van der Waals surface area (Å²) in [5.41, 5.74) is -0.706. The number of ether oxygens (including phenoxy) is 4. The molecule has 0 unspecified atom stereocenters. The van der Waals surface area contributed by atoms with E-state index in [1.807, 2.05) is 24.3 Å². The fraction of sp³-hybridized carbons (Fsp3) is 0.619. The maximum Gasteiger partial charge on any atom is 0.231 e. The summed E-state index contributed by atoms with van der Waals surface area (Å²) in [5, 5.41) is 22.7. The number of rotatable bonds is 5. The second kappa shape index (κ2) is 6.48. The van der Waals surface area contributed by atoms with Crippen LogP contribution in [0.25, 0.3) is 0 Å². The van der Waals surface area contributed by atoms with Crippen molar-refractivity contribution >= 4 is 0 Å². The lowest BCUT2D eigenvalue weighted by molar-refractivity contribution is -0.236. The standard InChI is InChI=1S/C21H28O6/c1-5-8-20-10-16(24-3)18(22)21(25-4,19(20)23)17(12(20)2)13-6-7-14-15(9-13)27-11-26-14/h5-7,9,12,16-19,22-23H,1,8,10-11H2,2-4H3/t12-,16+,17+,18-,19+,20+,21+/m1/s1. The van der Waals surface area contributed by atoms with Crippen LogP contribution in [-0.4, -0.2) is 55.1 Å². The van der Waals surface area contributed by atoms with Crippen molar-refractivity contribution in [3.63, 3.8) is 0 Å². The van der Waals surface area contributed by atoms with Crippen molar-refractivity contribution < 1.29 is 29.2 Å². The Balaban J connectivity index is 1.89. The highest BCUT2D eigenvalue weighted by molar-refractivity contribution is 5.48. The van der Waals surface area contributed by atoms with Gasteiger partial charge in [0, 0.05) is 25.6 Å². The van der Waals surface area contributed by atoms with Crippen LogP contribution in [-0.2, 0) is 9.47 Å². The number of aliphatic hydroxyl groups excluding tert-OH is 2. The van der Waals surface area contributed by atoms with E-state index in [2.05, 4.69) is 13.5 Å². The van der Waals surface area contributed by atoms with E-state index >= 15 is 0 Å². The molecule has 1 aromatic carbocycles. The zero-order valence-electron chi connectivity index (χ0n) is 16.1. The monoisotopic (exact) mass is 376 g/mol. The lowest BCUT2D eigenvalue weighted by atomic mass is 9.65. The minimum Gasteiger partial charge on any atom is -0.454 e. The highest BCUT2D eigenvalue weighted by Gasteiger charge is 2.73. The molecule has 1 aliphatic heterocycles. The third-order valence-corrected chi connectivity index (χ3v) is 7.20. The lowest BCUT2D eigenvalue weighted by Crippen LogP contribution is -2.65. The maximum atomic E-state index is 11.5. The van der Waals surface area contributed by atoms with Gasteiger partial charge in [0.15, 0.2) is 11.5 Å². The Morgan fingerprint density at radius 1 is 1.26 bits per heavy atom. The molecule has 0 spiro atoms. The molecule has 2 bridgehead atoms. The quantitative estimate of drug-likeness (QED) is 0.768. The van der Waals surface area contributed by atoms with E-state index in [0.717, 1.165) is 5.56 Å². The highest BCUT2D eigenvalue weighted by atomic mass is 16.7. The minimum atomic E-state index is -1.17. The van der Waals surface area contributed by atoms with Crippen LogP contribution in [0, 0.1) is 11.3 Å². The summed E-state index contributed by atoms with van der Waals surface area (Å²) in [4.78, 5) is 0. The third kappa shape index (κ3) is 2.27. The summed E-state index contributed by atoms with van der Waals surface area (Å²) in [6.45, 7) is 6.23. The molecule has 4 rings (SSSR count). The van der Waals surface area contributed by atoms with Gasteiger partial charge in [0.25, 0.3) is 0 Å². The molecule has 1 heterocycles. The minimum absolute atomic E-state index is 0.0284. The summed E-state index contributed by atoms with van der Waals surface area (Å²) < 4.78 is 22.6. The number of aliphatic hydroxyl groups is 2. The lowest BCUT2D eigenvalue weighted by Gasteiger charge is -2.50. The molecule has 6 nitrogen and oxygen atoms in total. The van der Waals surface area contributed by atoms with Gasteiger partial charge in [-0.1, -0.05) is 19.1 Å². The predicted molar refractivity (Wildman–Crippen MR) is 98.9 cm³/mol. The molecule has 7 atom stereocenters. The molecule has 6 heteroatoms.